The summed E-state index contributed by atoms with van der Waals surface area (Å²) in [5.41, 5.74) is 7.33. The molecule has 0 saturated carbocycles. The summed E-state index contributed by atoms with van der Waals surface area (Å²) in [5.74, 6) is 0.194. The number of likely N-dealkylation sites (tertiary alicyclic amines) is 1. The van der Waals surface area contributed by atoms with Gasteiger partial charge >= 0.3 is 0 Å². The Labute approximate surface area is 123 Å². The molecule has 7 nitrogen and oxygen atoms in total. The van der Waals surface area contributed by atoms with Crippen molar-refractivity contribution in [2.24, 2.45) is 16.3 Å². The normalized spacial score (nSPS) is 18.6. The fraction of sp³-hybridized carbons (Fsp3) is 0.571. The molecule has 0 atom stereocenters. The van der Waals surface area contributed by atoms with Gasteiger partial charge in [-0.15, -0.1) is 0 Å². The monoisotopic (exact) mass is 291 g/mol. The highest BCUT2D eigenvalue weighted by Crippen LogP contribution is 2.31. The van der Waals surface area contributed by atoms with Crippen LogP contribution < -0.4 is 5.73 Å². The van der Waals surface area contributed by atoms with Crippen LogP contribution in [0.25, 0.3) is 0 Å². The topological polar surface area (TPSA) is 105 Å². The van der Waals surface area contributed by atoms with Gasteiger partial charge in [-0.05, 0) is 32.8 Å². The number of nitrogens with zero attached hydrogens (tertiary/aromatic N) is 4. The third-order valence-electron chi connectivity index (χ3n) is 4.21. The molecule has 1 saturated heterocycles. The van der Waals surface area contributed by atoms with Crippen molar-refractivity contribution in [2.75, 3.05) is 13.1 Å². The number of amidine groups is 1. The van der Waals surface area contributed by atoms with Gasteiger partial charge in [-0.1, -0.05) is 12.1 Å². The first-order chi connectivity index (χ1) is 9.87. The molecule has 21 heavy (non-hydrogen) atoms. The predicted molar refractivity (Wildman–Crippen MR) is 78.2 cm³/mol. The van der Waals surface area contributed by atoms with Crippen LogP contribution in [0.5, 0.6) is 0 Å². The zero-order chi connectivity index (χ0) is 15.6. The summed E-state index contributed by atoms with van der Waals surface area (Å²) in [6.07, 6.45) is 1.34. The molecule has 0 radical (unpaired) electrons. The molecule has 1 amide bonds. The molecule has 2 rings (SSSR count). The molecule has 2 heterocycles. The van der Waals surface area contributed by atoms with E-state index in [0.717, 1.165) is 5.69 Å². The minimum atomic E-state index is -0.354. The van der Waals surface area contributed by atoms with Crippen molar-refractivity contribution in [3.05, 3.63) is 23.0 Å². The molecular formula is C14H21N5O2. The van der Waals surface area contributed by atoms with Crippen molar-refractivity contribution in [1.82, 2.24) is 15.1 Å². The summed E-state index contributed by atoms with van der Waals surface area (Å²) in [7, 11) is 0. The van der Waals surface area contributed by atoms with Gasteiger partial charge in [0.15, 0.2) is 0 Å². The van der Waals surface area contributed by atoms with Gasteiger partial charge in [0.05, 0.1) is 17.0 Å². The molecule has 1 aliphatic heterocycles. The van der Waals surface area contributed by atoms with E-state index >= 15 is 0 Å². The average molecular weight is 291 g/mol. The van der Waals surface area contributed by atoms with Crippen LogP contribution in [0.1, 0.15) is 41.5 Å². The number of piperidine rings is 1. The third kappa shape index (κ3) is 2.96. The Balaban J connectivity index is 2.12. The van der Waals surface area contributed by atoms with Crippen molar-refractivity contribution >= 4 is 11.7 Å². The van der Waals surface area contributed by atoms with Gasteiger partial charge in [-0.2, -0.15) is 10.2 Å². The highest BCUT2D eigenvalue weighted by Gasteiger charge is 2.36. The Morgan fingerprint density at radius 3 is 2.57 bits per heavy atom. The summed E-state index contributed by atoms with van der Waals surface area (Å²) in [6.45, 7) is 6.70. The van der Waals surface area contributed by atoms with Crippen molar-refractivity contribution < 1.29 is 10.0 Å². The maximum atomic E-state index is 12.6. The third-order valence-corrected chi connectivity index (χ3v) is 4.21. The number of oxime groups is 1. The van der Waals surface area contributed by atoms with Crippen LogP contribution in [0.2, 0.25) is 0 Å². The minimum absolute atomic E-state index is 0.0351. The van der Waals surface area contributed by atoms with E-state index in [4.69, 9.17) is 10.9 Å². The Kier molecular flexibility index (Phi) is 4.11. The number of carbonyl (C=O) groups excluding carboxylic acids is 1. The highest BCUT2D eigenvalue weighted by molar-refractivity contribution is 5.95. The summed E-state index contributed by atoms with van der Waals surface area (Å²) >= 11 is 0. The molecule has 1 fully saturated rings. The first-order valence-electron chi connectivity index (χ1n) is 6.95. The van der Waals surface area contributed by atoms with E-state index in [9.17, 15) is 4.79 Å². The molecule has 0 unspecified atom stereocenters. The number of rotatable bonds is 2. The smallest absolute Gasteiger partial charge is 0.255 e. The van der Waals surface area contributed by atoms with Crippen molar-refractivity contribution in [3.63, 3.8) is 0 Å². The van der Waals surface area contributed by atoms with Crippen molar-refractivity contribution in [3.8, 4) is 0 Å². The maximum Gasteiger partial charge on any atom is 0.255 e. The van der Waals surface area contributed by atoms with Crippen LogP contribution in [-0.2, 0) is 0 Å². The number of aryl methyl sites for hydroxylation is 2. The van der Waals surface area contributed by atoms with Gasteiger partial charge in [-0.3, -0.25) is 4.79 Å². The van der Waals surface area contributed by atoms with E-state index in [1.165, 1.54) is 0 Å². The Bertz CT molecular complexity index is 577. The lowest BCUT2D eigenvalue weighted by Crippen LogP contribution is -2.47. The Morgan fingerprint density at radius 1 is 1.38 bits per heavy atom. The van der Waals surface area contributed by atoms with E-state index in [0.29, 0.717) is 37.2 Å². The lowest BCUT2D eigenvalue weighted by atomic mass is 9.79. The molecule has 1 aromatic rings. The standard InChI is InChI=1S/C14H21N5O2/c1-9-8-11(10(2)17-16-9)12(20)19-6-4-14(3,5-7-19)13(15)18-21/h8,21H,4-7H2,1-3H3,(H2,15,18). The second kappa shape index (κ2) is 5.67. The highest BCUT2D eigenvalue weighted by atomic mass is 16.4. The molecule has 0 spiro atoms. The second-order valence-corrected chi connectivity index (χ2v) is 5.82. The Hall–Kier alpha value is -2.18. The van der Waals surface area contributed by atoms with Gasteiger partial charge in [0.1, 0.15) is 5.84 Å². The van der Waals surface area contributed by atoms with Crippen LogP contribution in [-0.4, -0.2) is 45.1 Å². The van der Waals surface area contributed by atoms with Gasteiger partial charge in [0, 0.05) is 18.5 Å². The van der Waals surface area contributed by atoms with Gasteiger partial charge < -0.3 is 15.8 Å². The molecule has 114 valence electrons. The predicted octanol–water partition coefficient (Wildman–Crippen LogP) is 1.08. The van der Waals surface area contributed by atoms with E-state index in [-0.39, 0.29) is 17.2 Å². The van der Waals surface area contributed by atoms with E-state index < -0.39 is 0 Å². The minimum Gasteiger partial charge on any atom is -0.409 e. The molecule has 0 aromatic carbocycles. The number of hydrogen-bond donors (Lipinski definition) is 2. The lowest BCUT2D eigenvalue weighted by Gasteiger charge is -2.38. The SMILES string of the molecule is Cc1cc(C(=O)N2CCC(C)(/C(N)=N/O)CC2)c(C)nn1. The lowest BCUT2D eigenvalue weighted by molar-refractivity contribution is 0.0665. The fourth-order valence-electron chi connectivity index (χ4n) is 2.52. The molecule has 7 heteroatoms. The first kappa shape index (κ1) is 15.2. The fourth-order valence-corrected chi connectivity index (χ4v) is 2.52. The molecule has 1 aromatic heterocycles. The quantitative estimate of drug-likeness (QED) is 0.367. The first-order valence-corrected chi connectivity index (χ1v) is 6.95. The van der Waals surface area contributed by atoms with Gasteiger partial charge in [0.2, 0.25) is 0 Å². The summed E-state index contributed by atoms with van der Waals surface area (Å²) in [5, 5.41) is 19.9. The Morgan fingerprint density at radius 2 is 2.00 bits per heavy atom. The largest absolute Gasteiger partial charge is 0.409 e. The van der Waals surface area contributed by atoms with Crippen molar-refractivity contribution in [2.45, 2.75) is 33.6 Å². The zero-order valence-corrected chi connectivity index (χ0v) is 12.6. The number of amides is 1. The van der Waals surface area contributed by atoms with E-state index in [2.05, 4.69) is 15.4 Å². The van der Waals surface area contributed by atoms with Crippen LogP contribution in [0, 0.1) is 19.3 Å². The van der Waals surface area contributed by atoms with Gasteiger partial charge in [-0.25, -0.2) is 0 Å². The van der Waals surface area contributed by atoms with Crippen LogP contribution in [0.15, 0.2) is 11.2 Å². The average Bonchev–Trinajstić information content (AvgIpc) is 2.49. The second-order valence-electron chi connectivity index (χ2n) is 5.82. The van der Waals surface area contributed by atoms with Gasteiger partial charge in [0.25, 0.3) is 5.91 Å². The molecule has 0 bridgehead atoms. The zero-order valence-electron chi connectivity index (χ0n) is 12.6. The van der Waals surface area contributed by atoms with Crippen LogP contribution in [0.4, 0.5) is 0 Å². The number of aromatic nitrogens is 2. The van der Waals surface area contributed by atoms with E-state index in [1.54, 1.807) is 17.9 Å². The summed E-state index contributed by atoms with van der Waals surface area (Å²) in [6, 6.07) is 1.77. The summed E-state index contributed by atoms with van der Waals surface area (Å²) in [4.78, 5) is 14.4. The number of hydrogen-bond acceptors (Lipinski definition) is 5. The number of carbonyl (C=O) groups is 1. The molecular weight excluding hydrogens is 270 g/mol. The van der Waals surface area contributed by atoms with Crippen molar-refractivity contribution in [1.29, 1.82) is 0 Å². The number of nitrogens with two attached hydrogens (primary N) is 1. The van der Waals surface area contributed by atoms with Crippen LogP contribution in [0.3, 0.4) is 0 Å². The molecule has 0 aliphatic carbocycles. The molecule has 3 N–H and O–H groups in total. The van der Waals surface area contributed by atoms with E-state index in [1.807, 2.05) is 13.8 Å². The van der Waals surface area contributed by atoms with Crippen LogP contribution >= 0.6 is 0 Å². The molecule has 1 aliphatic rings. The maximum absolute atomic E-state index is 12.6. The summed E-state index contributed by atoms with van der Waals surface area (Å²) < 4.78 is 0.